The number of benzene rings is 9. The van der Waals surface area contributed by atoms with Gasteiger partial charge in [-0.05, 0) is 83.2 Å². The molecular weight excluding hydrogens is 679 g/mol. The third-order valence-electron chi connectivity index (χ3n) is 11.1. The molecule has 260 valence electrons. The molecule has 10 aromatic rings. The van der Waals surface area contributed by atoms with Crippen molar-refractivity contribution in [1.29, 1.82) is 0 Å². The molecule has 0 fully saturated rings. The molecule has 1 aromatic heterocycles. The number of fused-ring (bicyclic) bond motifs is 4. The number of rotatable bonds is 6. The third kappa shape index (κ3) is 5.32. The fourth-order valence-electron chi connectivity index (χ4n) is 8.46. The molecule has 0 spiro atoms. The lowest BCUT2D eigenvalue weighted by molar-refractivity contribution is 1.07. The minimum Gasteiger partial charge on any atom is -0.208 e. The monoisotopic (exact) mass is 711 g/mol. The molecule has 3 nitrogen and oxygen atoms in total. The molecule has 0 unspecified atom stereocenters. The summed E-state index contributed by atoms with van der Waals surface area (Å²) in [5, 5.41) is 5.05. The van der Waals surface area contributed by atoms with Crippen LogP contribution in [0.3, 0.4) is 0 Å². The molecule has 1 aliphatic carbocycles. The molecule has 0 N–H and O–H groups in total. The van der Waals surface area contributed by atoms with Crippen LogP contribution in [-0.4, -0.2) is 15.0 Å². The molecule has 0 radical (unpaired) electrons. The van der Waals surface area contributed by atoms with E-state index in [1.807, 2.05) is 60.7 Å². The summed E-state index contributed by atoms with van der Waals surface area (Å²) in [6, 6.07) is 71.2. The number of nitrogens with zero attached hydrogens (tertiary/aromatic N) is 3. The number of hydrogen-bond acceptors (Lipinski definition) is 3. The molecule has 1 aliphatic rings. The van der Waals surface area contributed by atoms with Crippen LogP contribution in [0, 0.1) is 0 Å². The minimum atomic E-state index is 0.639. The third-order valence-corrected chi connectivity index (χ3v) is 11.1. The predicted octanol–water partition coefficient (Wildman–Crippen LogP) is 13.8. The zero-order valence-electron chi connectivity index (χ0n) is 30.4. The van der Waals surface area contributed by atoms with E-state index in [-0.39, 0.29) is 0 Å². The Labute approximate surface area is 325 Å². The van der Waals surface area contributed by atoms with Crippen molar-refractivity contribution >= 4 is 21.5 Å². The second-order valence-electron chi connectivity index (χ2n) is 14.3. The van der Waals surface area contributed by atoms with Crippen LogP contribution >= 0.6 is 0 Å². The maximum absolute atomic E-state index is 5.03. The Morgan fingerprint density at radius 2 is 0.732 bits per heavy atom. The molecule has 11 rings (SSSR count). The Bertz CT molecular complexity index is 3030. The first-order chi connectivity index (χ1) is 27.8. The van der Waals surface area contributed by atoms with Crippen molar-refractivity contribution in [2.45, 2.75) is 0 Å². The summed E-state index contributed by atoms with van der Waals surface area (Å²) in [6.07, 6.45) is 0. The van der Waals surface area contributed by atoms with Gasteiger partial charge in [-0.15, -0.1) is 0 Å². The number of hydrogen-bond donors (Lipinski definition) is 0. The highest BCUT2D eigenvalue weighted by Crippen LogP contribution is 2.49. The molecule has 9 aromatic carbocycles. The molecule has 1 heterocycles. The van der Waals surface area contributed by atoms with Gasteiger partial charge in [0.25, 0.3) is 0 Å². The van der Waals surface area contributed by atoms with Gasteiger partial charge in [-0.25, -0.2) is 15.0 Å². The summed E-state index contributed by atoms with van der Waals surface area (Å²) in [4.78, 5) is 15.0. The second-order valence-corrected chi connectivity index (χ2v) is 14.3. The summed E-state index contributed by atoms with van der Waals surface area (Å²) < 4.78 is 0. The van der Waals surface area contributed by atoms with Gasteiger partial charge < -0.3 is 0 Å². The van der Waals surface area contributed by atoms with Crippen LogP contribution in [0.4, 0.5) is 0 Å². The van der Waals surface area contributed by atoms with Crippen LogP contribution in [0.1, 0.15) is 0 Å². The van der Waals surface area contributed by atoms with Crippen molar-refractivity contribution in [3.8, 4) is 89.8 Å². The molecule has 0 aliphatic heterocycles. The van der Waals surface area contributed by atoms with Crippen LogP contribution in [0.15, 0.2) is 200 Å². The van der Waals surface area contributed by atoms with Gasteiger partial charge in [0.2, 0.25) is 0 Å². The molecular formula is C53H33N3. The van der Waals surface area contributed by atoms with E-state index in [1.54, 1.807) is 0 Å². The first-order valence-corrected chi connectivity index (χ1v) is 19.0. The quantitative estimate of drug-likeness (QED) is 0.172. The van der Waals surface area contributed by atoms with E-state index in [0.29, 0.717) is 17.5 Å². The van der Waals surface area contributed by atoms with Gasteiger partial charge in [0.1, 0.15) is 0 Å². The summed E-state index contributed by atoms with van der Waals surface area (Å²) in [5.74, 6) is 1.94. The topological polar surface area (TPSA) is 38.7 Å². The van der Waals surface area contributed by atoms with Gasteiger partial charge in [-0.3, -0.25) is 0 Å². The zero-order valence-corrected chi connectivity index (χ0v) is 30.4. The Morgan fingerprint density at radius 1 is 0.250 bits per heavy atom. The van der Waals surface area contributed by atoms with Crippen LogP contribution in [0.25, 0.3) is 111 Å². The van der Waals surface area contributed by atoms with Crippen molar-refractivity contribution in [3.05, 3.63) is 200 Å². The highest BCUT2D eigenvalue weighted by molar-refractivity contribution is 6.18. The van der Waals surface area contributed by atoms with Gasteiger partial charge >= 0.3 is 0 Å². The summed E-state index contributed by atoms with van der Waals surface area (Å²) >= 11 is 0. The Morgan fingerprint density at radius 3 is 1.45 bits per heavy atom. The van der Waals surface area contributed by atoms with Crippen molar-refractivity contribution in [3.63, 3.8) is 0 Å². The molecule has 0 saturated heterocycles. The smallest absolute Gasteiger partial charge is 0.164 e. The van der Waals surface area contributed by atoms with Gasteiger partial charge in [0.05, 0.1) is 0 Å². The van der Waals surface area contributed by atoms with Crippen molar-refractivity contribution in [2.24, 2.45) is 0 Å². The molecule has 3 heteroatoms. The summed E-state index contributed by atoms with van der Waals surface area (Å²) in [6.45, 7) is 0. The fourth-order valence-corrected chi connectivity index (χ4v) is 8.46. The fraction of sp³-hybridized carbons (Fsp3) is 0. The average Bonchev–Trinajstić information content (AvgIpc) is 3.61. The van der Waals surface area contributed by atoms with E-state index in [9.17, 15) is 0 Å². The molecule has 0 amide bonds. The summed E-state index contributed by atoms with van der Waals surface area (Å²) in [5.41, 5.74) is 15.2. The molecule has 0 bridgehead atoms. The van der Waals surface area contributed by atoms with Crippen molar-refractivity contribution in [1.82, 2.24) is 15.0 Å². The van der Waals surface area contributed by atoms with Gasteiger partial charge in [0, 0.05) is 16.7 Å². The first-order valence-electron chi connectivity index (χ1n) is 19.0. The molecule has 56 heavy (non-hydrogen) atoms. The lowest BCUT2D eigenvalue weighted by Crippen LogP contribution is -2.00. The maximum atomic E-state index is 5.03. The first kappa shape index (κ1) is 32.0. The number of aromatic nitrogens is 3. The van der Waals surface area contributed by atoms with Crippen LogP contribution in [0.5, 0.6) is 0 Å². The Hall–Kier alpha value is -7.49. The SMILES string of the molecule is c1ccc(-c2nc(-c3ccccc3)nc(-c3cccc(-c4ccc5ccccc5c4-c4ccc(-c5ccc6c7c(cccc57)-c5ccccc5-6)cc4)c3)n2)cc1. The average molecular weight is 712 g/mol. The van der Waals surface area contributed by atoms with Gasteiger partial charge in [0.15, 0.2) is 17.5 Å². The van der Waals surface area contributed by atoms with E-state index in [4.69, 9.17) is 15.0 Å². The van der Waals surface area contributed by atoms with Crippen LogP contribution in [0.2, 0.25) is 0 Å². The van der Waals surface area contributed by atoms with Gasteiger partial charge in [-0.1, -0.05) is 194 Å². The van der Waals surface area contributed by atoms with Crippen LogP contribution < -0.4 is 0 Å². The zero-order chi connectivity index (χ0) is 37.0. The minimum absolute atomic E-state index is 0.639. The van der Waals surface area contributed by atoms with Gasteiger partial charge in [-0.2, -0.15) is 0 Å². The van der Waals surface area contributed by atoms with Crippen LogP contribution in [-0.2, 0) is 0 Å². The largest absolute Gasteiger partial charge is 0.208 e. The van der Waals surface area contributed by atoms with E-state index in [0.717, 1.165) is 27.8 Å². The molecule has 0 saturated carbocycles. The summed E-state index contributed by atoms with van der Waals surface area (Å²) in [7, 11) is 0. The molecule has 0 atom stereocenters. The lowest BCUT2D eigenvalue weighted by Gasteiger charge is -2.16. The standard InChI is InChI=1S/C53H33N3/c1-3-14-37(15-4-1)51-54-52(38-16-5-2-6-17-38)56-53(55-51)40-19-11-18-39(33-40)43-30-29-34-13-7-8-20-42(34)49(43)36-27-25-35(26-28-36)41-31-32-48-45-22-10-9-21-44(45)47-24-12-23-46(41)50(47)48/h1-33H. The Balaban J connectivity index is 1.03. The highest BCUT2D eigenvalue weighted by atomic mass is 15.0. The van der Waals surface area contributed by atoms with E-state index >= 15 is 0 Å². The van der Waals surface area contributed by atoms with Crippen molar-refractivity contribution in [2.75, 3.05) is 0 Å². The van der Waals surface area contributed by atoms with E-state index in [2.05, 4.69) is 140 Å². The normalized spacial score (nSPS) is 11.6. The predicted molar refractivity (Wildman–Crippen MR) is 232 cm³/mol. The Kier molecular flexibility index (Phi) is 7.49. The lowest BCUT2D eigenvalue weighted by atomic mass is 9.88. The van der Waals surface area contributed by atoms with E-state index < -0.39 is 0 Å². The highest BCUT2D eigenvalue weighted by Gasteiger charge is 2.22. The maximum Gasteiger partial charge on any atom is 0.164 e. The van der Waals surface area contributed by atoms with Crippen molar-refractivity contribution < 1.29 is 0 Å². The second kappa shape index (κ2) is 13.1. The van der Waals surface area contributed by atoms with E-state index in [1.165, 1.54) is 66.1 Å².